The van der Waals surface area contributed by atoms with Gasteiger partial charge in [-0.2, -0.15) is 13.2 Å². The summed E-state index contributed by atoms with van der Waals surface area (Å²) in [5.41, 5.74) is 0. The van der Waals surface area contributed by atoms with E-state index in [2.05, 4.69) is 0 Å². The highest BCUT2D eigenvalue weighted by Gasteiger charge is 2.33. The third kappa shape index (κ3) is 7.08. The predicted octanol–water partition coefficient (Wildman–Crippen LogP) is 1.55. The molecule has 16 heavy (non-hydrogen) atoms. The van der Waals surface area contributed by atoms with Crippen molar-refractivity contribution in [2.24, 2.45) is 5.92 Å². The number of amides is 1. The lowest BCUT2D eigenvalue weighted by Crippen LogP contribution is -2.43. The van der Waals surface area contributed by atoms with Gasteiger partial charge in [0.05, 0.1) is 0 Å². The van der Waals surface area contributed by atoms with E-state index < -0.39 is 30.5 Å². The van der Waals surface area contributed by atoms with Crippen LogP contribution in [-0.4, -0.2) is 29.2 Å². The second-order valence-electron chi connectivity index (χ2n) is 3.88. The van der Waals surface area contributed by atoms with Gasteiger partial charge in [0, 0.05) is 0 Å². The van der Waals surface area contributed by atoms with E-state index in [1.165, 1.54) is 0 Å². The lowest BCUT2D eigenvalue weighted by molar-refractivity contribution is -0.157. The molecule has 0 aliphatic heterocycles. The summed E-state index contributed by atoms with van der Waals surface area (Å²) in [5, 5.41) is 10.5. The molecule has 0 aliphatic rings. The summed E-state index contributed by atoms with van der Waals surface area (Å²) >= 11 is 0. The summed E-state index contributed by atoms with van der Waals surface area (Å²) in [6, 6.07) is -1.27. The Morgan fingerprint density at radius 1 is 1.31 bits per heavy atom. The summed E-state index contributed by atoms with van der Waals surface area (Å²) in [6.45, 7) is 3.43. The number of carbonyl (C=O) groups is 2. The van der Waals surface area contributed by atoms with Gasteiger partial charge in [-0.25, -0.2) is 4.79 Å². The summed E-state index contributed by atoms with van der Waals surface area (Å²) in [7, 11) is 0. The lowest BCUT2D eigenvalue weighted by Gasteiger charge is -2.16. The molecule has 94 valence electrons. The van der Waals surface area contributed by atoms with E-state index in [0.29, 0.717) is 0 Å². The van der Waals surface area contributed by atoms with Gasteiger partial charge >= 0.3 is 12.1 Å². The van der Waals surface area contributed by atoms with Crippen molar-refractivity contribution in [3.63, 3.8) is 0 Å². The molecule has 0 saturated carbocycles. The number of carboxylic acid groups (broad SMARTS) is 1. The maximum Gasteiger partial charge on any atom is 0.397 e. The largest absolute Gasteiger partial charge is 0.480 e. The van der Waals surface area contributed by atoms with Gasteiger partial charge in [-0.3, -0.25) is 4.79 Å². The van der Waals surface area contributed by atoms with Gasteiger partial charge in [0.2, 0.25) is 5.91 Å². The minimum atomic E-state index is -4.62. The standard InChI is InChI=1S/C9H14F3NO3/c1-5(2)3-6(8(15)16)13-7(14)4-9(10,11)12/h5-6H,3-4H2,1-2H3,(H,13,14)(H,15,16)/t6-/m0/s1. The number of aliphatic carboxylic acids is 1. The van der Waals surface area contributed by atoms with Crippen LogP contribution in [0.25, 0.3) is 0 Å². The molecule has 0 rings (SSSR count). The van der Waals surface area contributed by atoms with Crippen molar-refractivity contribution >= 4 is 11.9 Å². The van der Waals surface area contributed by atoms with E-state index in [0.717, 1.165) is 0 Å². The first kappa shape index (κ1) is 14.7. The van der Waals surface area contributed by atoms with Gasteiger partial charge in [0.15, 0.2) is 0 Å². The van der Waals surface area contributed by atoms with Crippen molar-refractivity contribution in [3.8, 4) is 0 Å². The van der Waals surface area contributed by atoms with Crippen molar-refractivity contribution in [2.45, 2.75) is 38.9 Å². The van der Waals surface area contributed by atoms with Gasteiger partial charge in [-0.1, -0.05) is 13.8 Å². The fourth-order valence-corrected chi connectivity index (χ4v) is 1.12. The quantitative estimate of drug-likeness (QED) is 0.767. The van der Waals surface area contributed by atoms with E-state index in [-0.39, 0.29) is 12.3 Å². The maximum absolute atomic E-state index is 11.8. The zero-order chi connectivity index (χ0) is 12.9. The highest BCUT2D eigenvalue weighted by atomic mass is 19.4. The highest BCUT2D eigenvalue weighted by molar-refractivity contribution is 5.83. The molecule has 0 fully saturated rings. The summed E-state index contributed by atoms with van der Waals surface area (Å²) in [6.07, 6.45) is -6.18. The number of nitrogens with one attached hydrogen (secondary N) is 1. The molecular formula is C9H14F3NO3. The Balaban J connectivity index is 4.30. The van der Waals surface area contributed by atoms with E-state index in [1.807, 2.05) is 5.32 Å². The number of hydrogen-bond acceptors (Lipinski definition) is 2. The van der Waals surface area contributed by atoms with Crippen LogP contribution in [0.4, 0.5) is 13.2 Å². The summed E-state index contributed by atoms with van der Waals surface area (Å²) in [4.78, 5) is 21.5. The van der Waals surface area contributed by atoms with Gasteiger partial charge in [-0.05, 0) is 12.3 Å². The Kier molecular flexibility index (Phi) is 5.26. The third-order valence-electron chi connectivity index (χ3n) is 1.70. The number of carboxylic acids is 1. The molecular weight excluding hydrogens is 227 g/mol. The molecule has 0 bridgehead atoms. The van der Waals surface area contributed by atoms with Crippen LogP contribution in [0, 0.1) is 5.92 Å². The second-order valence-corrected chi connectivity index (χ2v) is 3.88. The Morgan fingerprint density at radius 3 is 2.12 bits per heavy atom. The average Bonchev–Trinajstić information content (AvgIpc) is 1.97. The molecule has 7 heteroatoms. The zero-order valence-corrected chi connectivity index (χ0v) is 8.97. The summed E-state index contributed by atoms with van der Waals surface area (Å²) < 4.78 is 35.4. The summed E-state index contributed by atoms with van der Waals surface area (Å²) in [5.74, 6) is -2.68. The van der Waals surface area contributed by atoms with Crippen LogP contribution in [0.5, 0.6) is 0 Å². The first-order chi connectivity index (χ1) is 7.11. The van der Waals surface area contributed by atoms with Crippen LogP contribution in [-0.2, 0) is 9.59 Å². The molecule has 4 nitrogen and oxygen atoms in total. The highest BCUT2D eigenvalue weighted by Crippen LogP contribution is 2.19. The molecule has 0 aliphatic carbocycles. The number of halogens is 3. The van der Waals surface area contributed by atoms with Gasteiger partial charge < -0.3 is 10.4 Å². The molecule has 0 radical (unpaired) electrons. The van der Waals surface area contributed by atoms with E-state index in [1.54, 1.807) is 13.8 Å². The number of carbonyl (C=O) groups excluding carboxylic acids is 1. The monoisotopic (exact) mass is 241 g/mol. The van der Waals surface area contributed by atoms with Crippen LogP contribution in [0.3, 0.4) is 0 Å². The molecule has 0 aromatic rings. The zero-order valence-electron chi connectivity index (χ0n) is 8.97. The smallest absolute Gasteiger partial charge is 0.397 e. The molecule has 1 atom stereocenters. The van der Waals surface area contributed by atoms with E-state index in [4.69, 9.17) is 5.11 Å². The lowest BCUT2D eigenvalue weighted by atomic mass is 10.0. The van der Waals surface area contributed by atoms with Gasteiger partial charge in [-0.15, -0.1) is 0 Å². The predicted molar refractivity (Wildman–Crippen MR) is 49.7 cm³/mol. The first-order valence-corrected chi connectivity index (χ1v) is 4.70. The Hall–Kier alpha value is -1.27. The van der Waals surface area contributed by atoms with Crippen LogP contribution in [0.2, 0.25) is 0 Å². The average molecular weight is 241 g/mol. The van der Waals surface area contributed by atoms with Crippen molar-refractivity contribution in [1.29, 1.82) is 0 Å². The fourth-order valence-electron chi connectivity index (χ4n) is 1.12. The van der Waals surface area contributed by atoms with E-state index >= 15 is 0 Å². The van der Waals surface area contributed by atoms with Crippen LogP contribution in [0.15, 0.2) is 0 Å². The van der Waals surface area contributed by atoms with Gasteiger partial charge in [0.1, 0.15) is 12.5 Å². The fraction of sp³-hybridized carbons (Fsp3) is 0.778. The Labute approximate surface area is 90.8 Å². The minimum Gasteiger partial charge on any atom is -0.480 e. The van der Waals surface area contributed by atoms with Crippen LogP contribution < -0.4 is 5.32 Å². The number of alkyl halides is 3. The number of rotatable bonds is 5. The molecule has 1 amide bonds. The molecule has 0 spiro atoms. The van der Waals surface area contributed by atoms with Crippen LogP contribution >= 0.6 is 0 Å². The SMILES string of the molecule is CC(C)C[C@H](NC(=O)CC(F)(F)F)C(=O)O. The first-order valence-electron chi connectivity index (χ1n) is 4.70. The normalized spacial score (nSPS) is 13.6. The Bertz CT molecular complexity index is 263. The molecule has 0 aromatic heterocycles. The molecule has 0 unspecified atom stereocenters. The topological polar surface area (TPSA) is 66.4 Å². The molecule has 2 N–H and O–H groups in total. The molecule has 0 aromatic carbocycles. The van der Waals surface area contributed by atoms with E-state index in [9.17, 15) is 22.8 Å². The molecule has 0 saturated heterocycles. The van der Waals surface area contributed by atoms with Crippen molar-refractivity contribution < 1.29 is 27.9 Å². The Morgan fingerprint density at radius 2 is 1.81 bits per heavy atom. The minimum absolute atomic E-state index is 0.0349. The molecule has 0 heterocycles. The third-order valence-corrected chi connectivity index (χ3v) is 1.70. The maximum atomic E-state index is 11.8. The van der Waals surface area contributed by atoms with Crippen molar-refractivity contribution in [3.05, 3.63) is 0 Å². The van der Waals surface area contributed by atoms with Crippen LogP contribution in [0.1, 0.15) is 26.7 Å². The second kappa shape index (κ2) is 5.72. The van der Waals surface area contributed by atoms with Crippen molar-refractivity contribution in [1.82, 2.24) is 5.32 Å². The number of hydrogen-bond donors (Lipinski definition) is 2. The van der Waals surface area contributed by atoms with Crippen molar-refractivity contribution in [2.75, 3.05) is 0 Å². The van der Waals surface area contributed by atoms with Gasteiger partial charge in [0.25, 0.3) is 0 Å².